The van der Waals surface area contributed by atoms with E-state index in [1.165, 1.54) is 0 Å². The molecule has 2 fully saturated rings. The maximum Gasteiger partial charge on any atom is 0.323 e. The average Bonchev–Trinajstić information content (AvgIpc) is 3.43. The second-order valence-electron chi connectivity index (χ2n) is 12.4. The van der Waals surface area contributed by atoms with E-state index in [2.05, 4.69) is 15.6 Å². The van der Waals surface area contributed by atoms with Crippen molar-refractivity contribution in [1.82, 2.24) is 25.0 Å². The van der Waals surface area contributed by atoms with Crippen molar-refractivity contribution >= 4 is 23.6 Å². The van der Waals surface area contributed by atoms with Gasteiger partial charge in [-0.05, 0) is 18.3 Å². The van der Waals surface area contributed by atoms with E-state index in [0.717, 1.165) is 5.76 Å². The topological polar surface area (TPSA) is 132 Å². The number of hydrogen-bond donors (Lipinski definition) is 1. The summed E-state index contributed by atoms with van der Waals surface area (Å²) in [6, 6.07) is 3.07. The van der Waals surface area contributed by atoms with Crippen molar-refractivity contribution in [3.05, 3.63) is 29.4 Å². The highest BCUT2D eigenvalue weighted by Gasteiger charge is 2.35. The quantitative estimate of drug-likeness (QED) is 0.524. The second kappa shape index (κ2) is 12.5. The first kappa shape index (κ1) is 31.3. The van der Waals surface area contributed by atoms with Crippen LogP contribution in [0.3, 0.4) is 0 Å². The molecular formula is C27H42F2N7O4-. The number of carbonyl (C=O) groups is 2. The van der Waals surface area contributed by atoms with Gasteiger partial charge in [0.25, 0.3) is 5.92 Å². The first-order valence-electron chi connectivity index (χ1n) is 13.6. The number of nitrogens with one attached hydrogen (secondary N) is 2. The molecule has 0 aromatic carbocycles. The van der Waals surface area contributed by atoms with Crippen LogP contribution in [0.15, 0.2) is 21.2 Å². The van der Waals surface area contributed by atoms with E-state index in [1.807, 2.05) is 41.5 Å². The zero-order chi connectivity index (χ0) is 29.7. The SMILES string of the molecule is CC(C)(C)c1cc(NC(=O)N2CCCN(C(=O)CN3CCC(F)(F)CC3)CC2)no1.CC(C)(C)c1cc([NH-])no1. The number of aromatic nitrogens is 2. The molecule has 2 aromatic rings. The van der Waals surface area contributed by atoms with Gasteiger partial charge in [0, 0.05) is 69.0 Å². The van der Waals surface area contributed by atoms with Crippen LogP contribution in [0, 0.1) is 0 Å². The zero-order valence-corrected chi connectivity index (χ0v) is 24.4. The normalized spacial score (nSPS) is 18.5. The minimum Gasteiger partial charge on any atom is -0.480 e. The smallest absolute Gasteiger partial charge is 0.323 e. The molecule has 0 spiro atoms. The van der Waals surface area contributed by atoms with Crippen molar-refractivity contribution in [1.29, 1.82) is 0 Å². The molecule has 13 heteroatoms. The molecule has 4 heterocycles. The van der Waals surface area contributed by atoms with Crippen LogP contribution in [0.1, 0.15) is 72.3 Å². The summed E-state index contributed by atoms with van der Waals surface area (Å²) in [7, 11) is 0. The van der Waals surface area contributed by atoms with Crippen LogP contribution in [0.5, 0.6) is 0 Å². The molecule has 11 nitrogen and oxygen atoms in total. The molecule has 2 N–H and O–H groups in total. The molecule has 0 bridgehead atoms. The van der Waals surface area contributed by atoms with Crippen molar-refractivity contribution < 1.29 is 27.4 Å². The first-order chi connectivity index (χ1) is 18.5. The Morgan fingerprint density at radius 2 is 1.45 bits per heavy atom. The van der Waals surface area contributed by atoms with Crippen molar-refractivity contribution in [2.75, 3.05) is 51.1 Å². The molecule has 40 heavy (non-hydrogen) atoms. The lowest BCUT2D eigenvalue weighted by Gasteiger charge is -2.32. The summed E-state index contributed by atoms with van der Waals surface area (Å²) in [5.74, 6) is -0.686. The van der Waals surface area contributed by atoms with Gasteiger partial charge in [0.05, 0.1) is 6.54 Å². The van der Waals surface area contributed by atoms with E-state index in [0.29, 0.717) is 44.2 Å². The molecule has 3 amide bonds. The number of alkyl halides is 2. The third-order valence-electron chi connectivity index (χ3n) is 6.82. The highest BCUT2D eigenvalue weighted by Crippen LogP contribution is 2.28. The summed E-state index contributed by atoms with van der Waals surface area (Å²) in [4.78, 5) is 30.3. The predicted molar refractivity (Wildman–Crippen MR) is 147 cm³/mol. The summed E-state index contributed by atoms with van der Waals surface area (Å²) in [5.41, 5.74) is 6.85. The maximum atomic E-state index is 13.3. The number of nitrogens with zero attached hydrogens (tertiary/aromatic N) is 5. The van der Waals surface area contributed by atoms with Crippen molar-refractivity contribution in [2.24, 2.45) is 0 Å². The number of likely N-dealkylation sites (tertiary alicyclic amines) is 1. The van der Waals surface area contributed by atoms with Crippen LogP contribution in [0.2, 0.25) is 0 Å². The third-order valence-corrected chi connectivity index (χ3v) is 6.82. The molecule has 2 saturated heterocycles. The number of rotatable bonds is 3. The van der Waals surface area contributed by atoms with E-state index < -0.39 is 5.92 Å². The van der Waals surface area contributed by atoms with Gasteiger partial charge in [0.1, 0.15) is 11.5 Å². The maximum absolute atomic E-state index is 13.3. The molecule has 0 radical (unpaired) electrons. The number of halogens is 2. The van der Waals surface area contributed by atoms with Crippen LogP contribution >= 0.6 is 0 Å². The minimum absolute atomic E-state index is 0.0354. The fourth-order valence-corrected chi connectivity index (χ4v) is 4.20. The summed E-state index contributed by atoms with van der Waals surface area (Å²) >= 11 is 0. The number of anilines is 1. The molecule has 2 aliphatic rings. The number of hydrogen-bond acceptors (Lipinski definition) is 7. The minimum atomic E-state index is -2.62. The number of amides is 3. The van der Waals surface area contributed by atoms with Crippen LogP contribution in [-0.4, -0.2) is 88.7 Å². The fraction of sp³-hybridized carbons (Fsp3) is 0.704. The van der Waals surface area contributed by atoms with E-state index in [9.17, 15) is 18.4 Å². The third kappa shape index (κ3) is 9.17. The molecule has 224 valence electrons. The second-order valence-corrected chi connectivity index (χ2v) is 12.4. The van der Waals surface area contributed by atoms with E-state index >= 15 is 0 Å². The molecule has 2 aromatic heterocycles. The summed E-state index contributed by atoms with van der Waals surface area (Å²) in [5, 5.41) is 10.1. The van der Waals surface area contributed by atoms with Crippen molar-refractivity contribution in [3.63, 3.8) is 0 Å². The Morgan fingerprint density at radius 1 is 0.900 bits per heavy atom. The van der Waals surface area contributed by atoms with Crippen LogP contribution in [-0.2, 0) is 15.6 Å². The largest absolute Gasteiger partial charge is 0.480 e. The highest BCUT2D eigenvalue weighted by molar-refractivity contribution is 5.88. The number of carbonyl (C=O) groups excluding carboxylic acids is 2. The van der Waals surface area contributed by atoms with E-state index in [1.54, 1.807) is 26.8 Å². The van der Waals surface area contributed by atoms with Gasteiger partial charge in [-0.25, -0.2) is 13.6 Å². The number of piperidine rings is 1. The van der Waals surface area contributed by atoms with Gasteiger partial charge in [-0.15, -0.1) is 0 Å². The van der Waals surface area contributed by atoms with Gasteiger partial charge < -0.3 is 24.6 Å². The Bertz CT molecular complexity index is 1130. The predicted octanol–water partition coefficient (Wildman–Crippen LogP) is 5.43. The van der Waals surface area contributed by atoms with E-state index in [-0.39, 0.29) is 61.1 Å². The van der Waals surface area contributed by atoms with E-state index in [4.69, 9.17) is 14.8 Å². The lowest BCUT2D eigenvalue weighted by Crippen LogP contribution is -2.46. The Morgan fingerprint density at radius 3 is 1.98 bits per heavy atom. The molecule has 0 saturated carbocycles. The molecule has 0 unspecified atom stereocenters. The molecule has 4 rings (SSSR count). The molecular weight excluding hydrogens is 524 g/mol. The van der Waals surface area contributed by atoms with Crippen molar-refractivity contribution in [3.8, 4) is 0 Å². The molecule has 0 aliphatic carbocycles. The highest BCUT2D eigenvalue weighted by atomic mass is 19.3. The molecule has 2 aliphatic heterocycles. The average molecular weight is 567 g/mol. The Kier molecular flexibility index (Phi) is 9.81. The molecule has 0 atom stereocenters. The van der Waals surface area contributed by atoms with Gasteiger partial charge in [-0.2, -0.15) is 0 Å². The Labute approximate surface area is 234 Å². The lowest BCUT2D eigenvalue weighted by atomic mass is 9.93. The number of urea groups is 1. The van der Waals surface area contributed by atoms with Gasteiger partial charge in [-0.3, -0.25) is 20.2 Å². The van der Waals surface area contributed by atoms with Crippen molar-refractivity contribution in [2.45, 2.75) is 77.6 Å². The monoisotopic (exact) mass is 566 g/mol. The lowest BCUT2D eigenvalue weighted by molar-refractivity contribution is -0.134. The van der Waals surface area contributed by atoms with Gasteiger partial charge in [0.15, 0.2) is 5.82 Å². The standard InChI is InChI=1S/C20H31F2N5O3.C7H11N2O/c1-19(2,3)15-13-16(24-30-15)23-18(29)27-8-4-7-26(11-12-27)17(28)14-25-9-5-20(21,22)6-10-25;1-7(2,3)5-4-6(8)9-10-5/h13H,4-12,14H2,1-3H3,(H,23,24,29);4H,1-3H3,(H-,8,9)/q;-1. The van der Waals surface area contributed by atoms with Gasteiger partial charge >= 0.3 is 6.03 Å². The van der Waals surface area contributed by atoms with Crippen LogP contribution < -0.4 is 5.32 Å². The van der Waals surface area contributed by atoms with Gasteiger partial charge in [-0.1, -0.05) is 46.7 Å². The van der Waals surface area contributed by atoms with Gasteiger partial charge in [0.2, 0.25) is 5.91 Å². The van der Waals surface area contributed by atoms with Crippen LogP contribution in [0.25, 0.3) is 5.73 Å². The first-order valence-corrected chi connectivity index (χ1v) is 13.6. The van der Waals surface area contributed by atoms with Crippen LogP contribution in [0.4, 0.5) is 25.2 Å². The Balaban J connectivity index is 0.000000371. The summed E-state index contributed by atoms with van der Waals surface area (Å²) < 4.78 is 36.7. The Hall–Kier alpha value is -3.22. The summed E-state index contributed by atoms with van der Waals surface area (Å²) in [6.45, 7) is 14.6. The summed E-state index contributed by atoms with van der Waals surface area (Å²) in [6.07, 6.45) is 0.254. The zero-order valence-electron chi connectivity index (χ0n) is 24.4. The fourth-order valence-electron chi connectivity index (χ4n) is 4.20.